The lowest BCUT2D eigenvalue weighted by Crippen LogP contribution is -2.20. The molecular weight excluding hydrogens is 281 g/mol. The Labute approximate surface area is 118 Å². The molecule has 2 rings (SSSR count). The van der Waals surface area contributed by atoms with Crippen LogP contribution in [0.1, 0.15) is 16.3 Å². The van der Waals surface area contributed by atoms with E-state index in [1.165, 1.54) is 30.0 Å². The van der Waals surface area contributed by atoms with Crippen LogP contribution in [0.2, 0.25) is 0 Å². The first-order valence-corrected chi connectivity index (χ1v) is 7.14. The Morgan fingerprint density at radius 2 is 2.20 bits per heavy atom. The van der Waals surface area contributed by atoms with E-state index in [9.17, 15) is 14.0 Å². The topological polar surface area (TPSA) is 74.8 Å². The van der Waals surface area contributed by atoms with Crippen molar-refractivity contribution in [3.8, 4) is 0 Å². The third-order valence-electron chi connectivity index (χ3n) is 2.43. The number of para-hydroxylation sites is 1. The third kappa shape index (κ3) is 3.45. The maximum Gasteiger partial charge on any atom is 0.274 e. The number of H-pyrrole nitrogens is 1. The highest BCUT2D eigenvalue weighted by molar-refractivity contribution is 7.97. The molecule has 20 heavy (non-hydrogen) atoms. The summed E-state index contributed by atoms with van der Waals surface area (Å²) < 4.78 is 13.4. The van der Waals surface area contributed by atoms with E-state index in [2.05, 4.69) is 15.3 Å². The molecule has 1 heterocycles. The fourth-order valence-corrected chi connectivity index (χ4v) is 1.99. The molecular formula is C13H12FN3O2S. The first-order valence-electron chi connectivity index (χ1n) is 5.75. The van der Waals surface area contributed by atoms with Gasteiger partial charge in [-0.25, -0.2) is 9.37 Å². The van der Waals surface area contributed by atoms with Gasteiger partial charge in [-0.15, -0.1) is 0 Å². The summed E-state index contributed by atoms with van der Waals surface area (Å²) in [7, 11) is 0. The number of rotatable bonds is 4. The highest BCUT2D eigenvalue weighted by Gasteiger charge is 2.12. The van der Waals surface area contributed by atoms with Crippen LogP contribution in [-0.2, 0) is 5.75 Å². The minimum absolute atomic E-state index is 0.0407. The second kappa shape index (κ2) is 6.33. The summed E-state index contributed by atoms with van der Waals surface area (Å²) in [5.74, 6) is -0.280. The van der Waals surface area contributed by atoms with Crippen molar-refractivity contribution >= 4 is 23.4 Å². The van der Waals surface area contributed by atoms with Crippen molar-refractivity contribution in [3.63, 3.8) is 0 Å². The molecule has 2 N–H and O–H groups in total. The number of amides is 1. The first kappa shape index (κ1) is 14.3. The number of carbonyl (C=O) groups is 1. The summed E-state index contributed by atoms with van der Waals surface area (Å²) in [6, 6.07) is 6.87. The zero-order valence-corrected chi connectivity index (χ0v) is 11.5. The molecule has 0 saturated carbocycles. The number of anilines is 1. The van der Waals surface area contributed by atoms with Gasteiger partial charge in [0.05, 0.1) is 11.4 Å². The molecule has 0 radical (unpaired) electrons. The number of benzene rings is 1. The quantitative estimate of drug-likeness (QED) is 0.904. The lowest BCUT2D eigenvalue weighted by Gasteiger charge is -2.06. The second-order valence-electron chi connectivity index (χ2n) is 3.94. The highest BCUT2D eigenvalue weighted by atomic mass is 32.2. The van der Waals surface area contributed by atoms with Gasteiger partial charge in [-0.2, -0.15) is 11.8 Å². The van der Waals surface area contributed by atoms with Crippen LogP contribution in [0.15, 0.2) is 35.1 Å². The van der Waals surface area contributed by atoms with E-state index >= 15 is 0 Å². The van der Waals surface area contributed by atoms with Crippen LogP contribution in [0, 0.1) is 5.82 Å². The van der Waals surface area contributed by atoms with E-state index in [0.717, 1.165) is 6.07 Å². The van der Waals surface area contributed by atoms with Crippen molar-refractivity contribution in [3.05, 3.63) is 58.0 Å². The van der Waals surface area contributed by atoms with E-state index in [0.29, 0.717) is 11.6 Å². The molecule has 2 aromatic rings. The van der Waals surface area contributed by atoms with Crippen LogP contribution >= 0.6 is 11.8 Å². The zero-order valence-electron chi connectivity index (χ0n) is 10.6. The summed E-state index contributed by atoms with van der Waals surface area (Å²) in [6.45, 7) is 0. The fourth-order valence-electron chi connectivity index (χ4n) is 1.58. The Morgan fingerprint density at radius 1 is 1.45 bits per heavy atom. The average molecular weight is 293 g/mol. The van der Waals surface area contributed by atoms with Crippen LogP contribution in [0.25, 0.3) is 0 Å². The molecule has 1 aromatic carbocycles. The number of hydrogen-bond acceptors (Lipinski definition) is 4. The summed E-state index contributed by atoms with van der Waals surface area (Å²) in [5.41, 5.74) is -0.408. The first-order chi connectivity index (χ1) is 9.60. The molecule has 1 aromatic heterocycles. The summed E-state index contributed by atoms with van der Waals surface area (Å²) in [5, 5.41) is 2.39. The molecule has 104 valence electrons. The van der Waals surface area contributed by atoms with E-state index in [1.54, 1.807) is 6.07 Å². The number of carbonyl (C=O) groups excluding carboxylic acids is 1. The van der Waals surface area contributed by atoms with E-state index in [-0.39, 0.29) is 11.4 Å². The van der Waals surface area contributed by atoms with Gasteiger partial charge >= 0.3 is 0 Å². The van der Waals surface area contributed by atoms with Gasteiger partial charge in [0.25, 0.3) is 11.5 Å². The van der Waals surface area contributed by atoms with Crippen molar-refractivity contribution in [1.29, 1.82) is 0 Å². The van der Waals surface area contributed by atoms with Crippen LogP contribution < -0.4 is 10.9 Å². The molecule has 0 aliphatic rings. The second-order valence-corrected chi connectivity index (χ2v) is 4.81. The molecule has 7 heteroatoms. The molecule has 0 bridgehead atoms. The fraction of sp³-hybridized carbons (Fsp3) is 0.154. The Balaban J connectivity index is 2.25. The van der Waals surface area contributed by atoms with E-state index in [4.69, 9.17) is 0 Å². The Bertz CT molecular complexity index is 687. The smallest absolute Gasteiger partial charge is 0.274 e. The van der Waals surface area contributed by atoms with Gasteiger partial charge < -0.3 is 10.3 Å². The van der Waals surface area contributed by atoms with Crippen molar-refractivity contribution < 1.29 is 9.18 Å². The van der Waals surface area contributed by atoms with Gasteiger partial charge in [0.2, 0.25) is 0 Å². The lowest BCUT2D eigenvalue weighted by molar-refractivity contribution is 0.102. The van der Waals surface area contributed by atoms with E-state index < -0.39 is 17.3 Å². The molecule has 0 unspecified atom stereocenters. The molecule has 0 aliphatic carbocycles. The third-order valence-corrected chi connectivity index (χ3v) is 2.99. The lowest BCUT2D eigenvalue weighted by atomic mass is 10.3. The maximum atomic E-state index is 13.4. The predicted octanol–water partition coefficient (Wildman–Crippen LogP) is 2.02. The van der Waals surface area contributed by atoms with Gasteiger partial charge in [-0.3, -0.25) is 9.59 Å². The highest BCUT2D eigenvalue weighted by Crippen LogP contribution is 2.13. The van der Waals surface area contributed by atoms with Crippen molar-refractivity contribution in [2.24, 2.45) is 0 Å². The molecule has 0 saturated heterocycles. The van der Waals surface area contributed by atoms with Crippen molar-refractivity contribution in [2.45, 2.75) is 5.75 Å². The Morgan fingerprint density at radius 3 is 2.90 bits per heavy atom. The predicted molar refractivity (Wildman–Crippen MR) is 76.4 cm³/mol. The van der Waals surface area contributed by atoms with Gasteiger partial charge in [-0.1, -0.05) is 12.1 Å². The molecule has 0 atom stereocenters. The SMILES string of the molecule is CSCc1nc(C(=O)Nc2ccccc2F)cc(=O)[nH]1. The molecule has 0 spiro atoms. The van der Waals surface area contributed by atoms with Crippen LogP contribution in [-0.4, -0.2) is 22.1 Å². The van der Waals surface area contributed by atoms with Gasteiger partial charge in [0.15, 0.2) is 0 Å². The number of hydrogen-bond donors (Lipinski definition) is 2. The summed E-state index contributed by atoms with van der Waals surface area (Å²) in [6.07, 6.45) is 1.85. The maximum absolute atomic E-state index is 13.4. The Kier molecular flexibility index (Phi) is 4.52. The minimum Gasteiger partial charge on any atom is -0.318 e. The molecule has 5 nitrogen and oxygen atoms in total. The number of aromatic amines is 1. The minimum atomic E-state index is -0.622. The molecule has 1 amide bonds. The van der Waals surface area contributed by atoms with Crippen LogP contribution in [0.5, 0.6) is 0 Å². The molecule has 0 aliphatic heterocycles. The van der Waals surface area contributed by atoms with Gasteiger partial charge in [0, 0.05) is 6.07 Å². The van der Waals surface area contributed by atoms with E-state index in [1.807, 2.05) is 6.26 Å². The number of nitrogens with one attached hydrogen (secondary N) is 2. The number of nitrogens with zero attached hydrogens (tertiary/aromatic N) is 1. The van der Waals surface area contributed by atoms with Crippen LogP contribution in [0.4, 0.5) is 10.1 Å². The van der Waals surface area contributed by atoms with Gasteiger partial charge in [-0.05, 0) is 18.4 Å². The Hall–Kier alpha value is -2.15. The zero-order chi connectivity index (χ0) is 14.5. The summed E-state index contributed by atoms with van der Waals surface area (Å²) in [4.78, 5) is 30.0. The van der Waals surface area contributed by atoms with Crippen molar-refractivity contribution in [2.75, 3.05) is 11.6 Å². The number of halogens is 1. The normalized spacial score (nSPS) is 10.3. The largest absolute Gasteiger partial charge is 0.318 e. The van der Waals surface area contributed by atoms with Crippen molar-refractivity contribution in [1.82, 2.24) is 9.97 Å². The summed E-state index contributed by atoms with van der Waals surface area (Å²) >= 11 is 1.47. The van der Waals surface area contributed by atoms with Crippen LogP contribution in [0.3, 0.4) is 0 Å². The van der Waals surface area contributed by atoms with Gasteiger partial charge in [0.1, 0.15) is 17.3 Å². The monoisotopic (exact) mass is 293 g/mol. The molecule has 0 fully saturated rings. The number of aromatic nitrogens is 2. The number of thioether (sulfide) groups is 1. The standard InChI is InChI=1S/C13H12FN3O2S/c1-20-7-11-15-10(6-12(18)17-11)13(19)16-9-5-3-2-4-8(9)14/h2-6H,7H2,1H3,(H,16,19)(H,15,17,18). The average Bonchev–Trinajstić information content (AvgIpc) is 2.41.